The van der Waals surface area contributed by atoms with Crippen LogP contribution in [0.2, 0.25) is 5.02 Å². The van der Waals surface area contributed by atoms with Crippen LogP contribution in [0.1, 0.15) is 0 Å². The molecule has 0 saturated carbocycles. The molecule has 182 valence electrons. The van der Waals surface area contributed by atoms with E-state index in [0.717, 1.165) is 63.4 Å². The molecule has 0 atom stereocenters. The summed E-state index contributed by atoms with van der Waals surface area (Å²) in [4.78, 5) is 19.6. The number of hydrogen-bond acceptors (Lipinski definition) is 7. The van der Waals surface area contributed by atoms with Crippen molar-refractivity contribution < 1.29 is 4.74 Å². The predicted octanol–water partition coefficient (Wildman–Crippen LogP) is 4.91. The zero-order valence-electron chi connectivity index (χ0n) is 19.7. The van der Waals surface area contributed by atoms with Gasteiger partial charge >= 0.3 is 0 Å². The van der Waals surface area contributed by atoms with E-state index in [4.69, 9.17) is 21.3 Å². The van der Waals surface area contributed by atoms with Crippen LogP contribution < -0.4 is 4.90 Å². The average Bonchev–Trinajstić information content (AvgIpc) is 3.62. The molecule has 0 unspecified atom stereocenters. The van der Waals surface area contributed by atoms with Gasteiger partial charge in [0.15, 0.2) is 5.82 Å². The van der Waals surface area contributed by atoms with Crippen LogP contribution in [0.3, 0.4) is 0 Å². The number of H-pyrrole nitrogens is 1. The van der Waals surface area contributed by atoms with E-state index in [-0.39, 0.29) is 0 Å². The summed E-state index contributed by atoms with van der Waals surface area (Å²) < 4.78 is 7.77. The molecule has 10 heteroatoms. The third-order valence-electron chi connectivity index (χ3n) is 6.65. The fraction of sp³-hybridized carbons (Fsp3) is 0.148. The van der Waals surface area contributed by atoms with E-state index in [0.29, 0.717) is 24.1 Å². The molecule has 1 aliphatic rings. The lowest BCUT2D eigenvalue weighted by Crippen LogP contribution is -2.36. The van der Waals surface area contributed by atoms with Crippen molar-refractivity contribution in [3.8, 4) is 28.5 Å². The summed E-state index contributed by atoms with van der Waals surface area (Å²) in [5.74, 6) is 1.42. The van der Waals surface area contributed by atoms with Crippen LogP contribution in [0.25, 0.3) is 50.4 Å². The largest absolute Gasteiger partial charge is 0.378 e. The van der Waals surface area contributed by atoms with E-state index >= 15 is 0 Å². The highest BCUT2D eigenvalue weighted by Gasteiger charge is 2.23. The molecule has 2 aromatic carbocycles. The lowest BCUT2D eigenvalue weighted by Gasteiger charge is -2.29. The van der Waals surface area contributed by atoms with Crippen LogP contribution in [-0.2, 0) is 4.74 Å². The smallest absolute Gasteiger partial charge is 0.163 e. The molecule has 0 aliphatic carbocycles. The minimum absolute atomic E-state index is 0.600. The second kappa shape index (κ2) is 8.95. The van der Waals surface area contributed by atoms with Crippen LogP contribution in [0, 0.1) is 0 Å². The Hall–Kier alpha value is -4.34. The first-order chi connectivity index (χ1) is 18.3. The van der Waals surface area contributed by atoms with Gasteiger partial charge in [-0.25, -0.2) is 4.98 Å². The number of benzene rings is 2. The van der Waals surface area contributed by atoms with E-state index in [9.17, 15) is 0 Å². The number of fused-ring (bicyclic) bond motifs is 2. The van der Waals surface area contributed by atoms with Gasteiger partial charge in [-0.2, -0.15) is 0 Å². The van der Waals surface area contributed by atoms with Crippen LogP contribution >= 0.6 is 11.6 Å². The molecule has 37 heavy (non-hydrogen) atoms. The number of nitrogens with one attached hydrogen (secondary N) is 1. The van der Waals surface area contributed by atoms with E-state index < -0.39 is 0 Å². The molecular formula is C27H21ClN8O. The van der Waals surface area contributed by atoms with E-state index in [1.54, 1.807) is 18.7 Å². The number of anilines is 1. The number of aromatic nitrogens is 7. The fourth-order valence-electron chi connectivity index (χ4n) is 4.94. The highest BCUT2D eigenvalue weighted by atomic mass is 35.5. The highest BCUT2D eigenvalue weighted by Crippen LogP contribution is 2.38. The van der Waals surface area contributed by atoms with Crippen molar-refractivity contribution in [2.45, 2.75) is 0 Å². The first kappa shape index (κ1) is 21.9. The van der Waals surface area contributed by atoms with Crippen molar-refractivity contribution in [3.63, 3.8) is 0 Å². The van der Waals surface area contributed by atoms with Gasteiger partial charge in [0.05, 0.1) is 35.0 Å². The molecule has 5 heterocycles. The van der Waals surface area contributed by atoms with Crippen LogP contribution in [-0.4, -0.2) is 61.0 Å². The molecule has 0 spiro atoms. The summed E-state index contributed by atoms with van der Waals surface area (Å²) in [6, 6.07) is 16.1. The quantitative estimate of drug-likeness (QED) is 0.361. The van der Waals surface area contributed by atoms with Crippen LogP contribution in [0.4, 0.5) is 5.69 Å². The molecule has 7 rings (SSSR count). The minimum atomic E-state index is 0.600. The van der Waals surface area contributed by atoms with E-state index in [1.807, 2.05) is 42.6 Å². The Morgan fingerprint density at radius 1 is 0.973 bits per heavy atom. The number of imidazole rings is 1. The zero-order valence-corrected chi connectivity index (χ0v) is 20.4. The number of hydrogen-bond donors (Lipinski definition) is 1. The lowest BCUT2D eigenvalue weighted by molar-refractivity contribution is 0.122. The predicted molar refractivity (Wildman–Crippen MR) is 143 cm³/mol. The maximum absolute atomic E-state index is 6.55. The molecule has 0 bridgehead atoms. The Morgan fingerprint density at radius 2 is 1.89 bits per heavy atom. The first-order valence-electron chi connectivity index (χ1n) is 12.0. The fourth-order valence-corrected chi connectivity index (χ4v) is 5.16. The highest BCUT2D eigenvalue weighted by molar-refractivity contribution is 6.35. The second-order valence-corrected chi connectivity index (χ2v) is 9.18. The molecular weight excluding hydrogens is 488 g/mol. The van der Waals surface area contributed by atoms with Crippen molar-refractivity contribution >= 4 is 39.2 Å². The Morgan fingerprint density at radius 3 is 2.70 bits per heavy atom. The summed E-state index contributed by atoms with van der Waals surface area (Å²) in [6.45, 7) is 2.98. The minimum Gasteiger partial charge on any atom is -0.378 e. The van der Waals surface area contributed by atoms with Gasteiger partial charge in [-0.3, -0.25) is 14.5 Å². The number of rotatable bonds is 4. The van der Waals surface area contributed by atoms with Crippen LogP contribution in [0.15, 0.2) is 73.4 Å². The van der Waals surface area contributed by atoms with Crippen molar-refractivity contribution in [3.05, 3.63) is 78.5 Å². The van der Waals surface area contributed by atoms with Crippen molar-refractivity contribution in [1.29, 1.82) is 0 Å². The maximum atomic E-state index is 6.55. The summed E-state index contributed by atoms with van der Waals surface area (Å²) in [5, 5.41) is 9.90. The van der Waals surface area contributed by atoms with Crippen molar-refractivity contribution in [1.82, 2.24) is 34.7 Å². The first-order valence-corrected chi connectivity index (χ1v) is 12.4. The zero-order chi connectivity index (χ0) is 24.8. The topological polar surface area (TPSA) is 97.6 Å². The van der Waals surface area contributed by atoms with Gasteiger partial charge in [-0.05, 0) is 36.4 Å². The number of nitrogens with zero attached hydrogens (tertiary/aromatic N) is 7. The van der Waals surface area contributed by atoms with Gasteiger partial charge in [-0.15, -0.1) is 10.2 Å². The summed E-state index contributed by atoms with van der Waals surface area (Å²) in [6.07, 6.45) is 6.95. The molecule has 9 nitrogen and oxygen atoms in total. The SMILES string of the molecule is Clc1cccc2c(-n3c(-c4cccnc4)nc4c(-c5nnc[nH]5)cc(N5CCOCC5)cc43)ccnc12. The number of aromatic amines is 1. The van der Waals surface area contributed by atoms with Gasteiger partial charge in [0.1, 0.15) is 17.7 Å². The molecule has 1 saturated heterocycles. The Labute approximate surface area is 216 Å². The Kier molecular flexibility index (Phi) is 5.30. The summed E-state index contributed by atoms with van der Waals surface area (Å²) >= 11 is 6.55. The third-order valence-corrected chi connectivity index (χ3v) is 6.96. The maximum Gasteiger partial charge on any atom is 0.163 e. The third kappa shape index (κ3) is 3.71. The van der Waals surface area contributed by atoms with E-state index in [2.05, 4.69) is 46.7 Å². The molecule has 1 fully saturated rings. The van der Waals surface area contributed by atoms with Gasteiger partial charge in [0.25, 0.3) is 0 Å². The molecule has 6 aromatic rings. The van der Waals surface area contributed by atoms with E-state index in [1.165, 1.54) is 0 Å². The second-order valence-electron chi connectivity index (χ2n) is 8.78. The summed E-state index contributed by atoms with van der Waals surface area (Å²) in [7, 11) is 0. The monoisotopic (exact) mass is 508 g/mol. The number of para-hydroxylation sites is 1. The van der Waals surface area contributed by atoms with Crippen molar-refractivity contribution in [2.24, 2.45) is 0 Å². The van der Waals surface area contributed by atoms with Gasteiger partial charge < -0.3 is 14.6 Å². The van der Waals surface area contributed by atoms with Crippen LogP contribution in [0.5, 0.6) is 0 Å². The molecule has 4 aromatic heterocycles. The lowest BCUT2D eigenvalue weighted by atomic mass is 10.1. The standard InChI is InChI=1S/C27H21ClN8O/c28-21-5-1-4-19-22(6-8-30-24(19)21)36-23-14-18(35-9-11-37-12-10-35)13-20(26-31-16-32-34-26)25(23)33-27(36)17-3-2-7-29-15-17/h1-8,13-16H,9-12H2,(H,31,32,34). The van der Waals surface area contributed by atoms with Crippen molar-refractivity contribution in [2.75, 3.05) is 31.2 Å². The summed E-state index contributed by atoms with van der Waals surface area (Å²) in [5.41, 5.74) is 6.23. The van der Waals surface area contributed by atoms with Gasteiger partial charge in [-0.1, -0.05) is 23.7 Å². The molecule has 1 aliphatic heterocycles. The molecule has 1 N–H and O–H groups in total. The molecule has 0 radical (unpaired) electrons. The normalized spacial score (nSPS) is 14.0. The van der Waals surface area contributed by atoms with Gasteiger partial charge in [0, 0.05) is 53.9 Å². The number of ether oxygens (including phenoxy) is 1. The molecule has 0 amide bonds. The Bertz CT molecular complexity index is 1730. The number of morpholine rings is 1. The Balaban J connectivity index is 1.60. The number of halogens is 1. The number of pyridine rings is 2. The van der Waals surface area contributed by atoms with Gasteiger partial charge in [0.2, 0.25) is 0 Å². The average molecular weight is 509 g/mol.